The number of nitrogens with zero attached hydrogens (tertiary/aromatic N) is 2. The highest BCUT2D eigenvalue weighted by atomic mass is 127. The number of benzene rings is 1. The van der Waals surface area contributed by atoms with Gasteiger partial charge in [0.05, 0.1) is 6.54 Å². The van der Waals surface area contributed by atoms with Gasteiger partial charge >= 0.3 is 0 Å². The molecule has 0 aliphatic rings. The first-order valence-electron chi connectivity index (χ1n) is 6.68. The Hall–Kier alpha value is -0.820. The molecule has 0 aromatic heterocycles. The molecule has 0 bridgehead atoms. The van der Waals surface area contributed by atoms with Gasteiger partial charge in [0, 0.05) is 11.2 Å². The number of hydrogen-bond donors (Lipinski definition) is 2. The maximum Gasteiger partial charge on any atom is 0.193 e. The number of aryl methyl sites for hydroxylation is 1. The van der Waals surface area contributed by atoms with Gasteiger partial charge in [-0.2, -0.15) is 0 Å². The van der Waals surface area contributed by atoms with Gasteiger partial charge in [-0.1, -0.05) is 19.1 Å². The molecule has 0 aliphatic carbocycles. The molecule has 114 valence electrons. The van der Waals surface area contributed by atoms with Crippen molar-refractivity contribution in [3.8, 4) is 0 Å². The molecule has 0 fully saturated rings. The molecule has 0 radical (unpaired) electrons. The number of rotatable bonds is 5. The summed E-state index contributed by atoms with van der Waals surface area (Å²) in [6.07, 6.45) is 1.01. The molecule has 1 rings (SSSR count). The van der Waals surface area contributed by atoms with Crippen molar-refractivity contribution in [2.75, 3.05) is 26.0 Å². The Kier molecular flexibility index (Phi) is 8.12. The average Bonchev–Trinajstić information content (AvgIpc) is 2.36. The lowest BCUT2D eigenvalue weighted by atomic mass is 10.1. The van der Waals surface area contributed by atoms with Crippen molar-refractivity contribution >= 4 is 35.6 Å². The van der Waals surface area contributed by atoms with Crippen LogP contribution >= 0.6 is 24.0 Å². The smallest absolute Gasteiger partial charge is 0.193 e. The number of likely N-dealkylation sites (N-methyl/N-ethyl adjacent to an activating group) is 1. The fraction of sp³-hybridized carbons (Fsp3) is 0.533. The molecule has 0 saturated carbocycles. The Morgan fingerprint density at radius 2 is 2.00 bits per heavy atom. The summed E-state index contributed by atoms with van der Waals surface area (Å²) in [7, 11) is 4.09. The molecule has 4 nitrogen and oxygen atoms in total. The average molecular weight is 390 g/mol. The number of aliphatic imine (C=N–C) groups is 1. The largest absolute Gasteiger partial charge is 0.370 e. The predicted molar refractivity (Wildman–Crippen MR) is 99.1 cm³/mol. The summed E-state index contributed by atoms with van der Waals surface area (Å²) in [5.74, 6) is 0.461. The number of halogens is 1. The number of nitrogens with one attached hydrogen (secondary N) is 1. The van der Waals surface area contributed by atoms with E-state index >= 15 is 0 Å². The summed E-state index contributed by atoms with van der Waals surface area (Å²) in [6.45, 7) is 7.07. The molecule has 5 heteroatoms. The van der Waals surface area contributed by atoms with Gasteiger partial charge in [0.15, 0.2) is 5.96 Å². The third kappa shape index (κ3) is 6.09. The topological polar surface area (TPSA) is 53.6 Å². The van der Waals surface area contributed by atoms with Crippen LogP contribution in [-0.4, -0.2) is 37.0 Å². The van der Waals surface area contributed by atoms with Gasteiger partial charge in [0.25, 0.3) is 0 Å². The highest BCUT2D eigenvalue weighted by Crippen LogP contribution is 2.12. The van der Waals surface area contributed by atoms with E-state index in [1.165, 1.54) is 5.56 Å². The highest BCUT2D eigenvalue weighted by Gasteiger charge is 2.19. The minimum atomic E-state index is -0.00241. The molecule has 0 spiro atoms. The molecule has 1 aromatic carbocycles. The standard InChI is InChI=1S/C15H26N4.HI/c1-6-12-8-7-9-13(10-12)18-14(16)17-11-15(2,3)19(4)5;/h7-10H,6,11H2,1-5H3,(H3,16,17,18);1H. The van der Waals surface area contributed by atoms with Gasteiger partial charge in [-0.3, -0.25) is 4.99 Å². The van der Waals surface area contributed by atoms with E-state index in [9.17, 15) is 0 Å². The third-order valence-electron chi connectivity index (χ3n) is 3.45. The van der Waals surface area contributed by atoms with E-state index in [0.717, 1.165) is 12.1 Å². The number of hydrogen-bond acceptors (Lipinski definition) is 2. The van der Waals surface area contributed by atoms with E-state index in [1.54, 1.807) is 0 Å². The first-order chi connectivity index (χ1) is 8.85. The van der Waals surface area contributed by atoms with E-state index < -0.39 is 0 Å². The quantitative estimate of drug-likeness (QED) is 0.462. The van der Waals surface area contributed by atoms with Crippen LogP contribution in [-0.2, 0) is 6.42 Å². The van der Waals surface area contributed by atoms with Crippen LogP contribution in [0.15, 0.2) is 29.3 Å². The van der Waals surface area contributed by atoms with Crippen LogP contribution in [0.4, 0.5) is 5.69 Å². The summed E-state index contributed by atoms with van der Waals surface area (Å²) in [6, 6.07) is 8.23. The summed E-state index contributed by atoms with van der Waals surface area (Å²) >= 11 is 0. The van der Waals surface area contributed by atoms with Crippen molar-refractivity contribution < 1.29 is 0 Å². The van der Waals surface area contributed by atoms with Crippen LogP contribution in [0.3, 0.4) is 0 Å². The molecular formula is C15H27IN4. The van der Waals surface area contributed by atoms with Crippen LogP contribution in [0.2, 0.25) is 0 Å². The summed E-state index contributed by atoms with van der Waals surface area (Å²) < 4.78 is 0. The van der Waals surface area contributed by atoms with Gasteiger partial charge in [-0.05, 0) is 52.1 Å². The molecule has 0 unspecified atom stereocenters. The van der Waals surface area contributed by atoms with Gasteiger partial charge in [0.2, 0.25) is 0 Å². The molecule has 20 heavy (non-hydrogen) atoms. The molecular weight excluding hydrogens is 363 g/mol. The minimum absolute atomic E-state index is 0. The van der Waals surface area contributed by atoms with E-state index in [2.05, 4.69) is 48.1 Å². The Morgan fingerprint density at radius 3 is 2.55 bits per heavy atom. The second kappa shape index (κ2) is 8.46. The maximum atomic E-state index is 5.92. The Morgan fingerprint density at radius 1 is 1.35 bits per heavy atom. The molecule has 0 atom stereocenters. The minimum Gasteiger partial charge on any atom is -0.370 e. The van der Waals surface area contributed by atoms with Crippen LogP contribution in [0.1, 0.15) is 26.3 Å². The van der Waals surface area contributed by atoms with Crippen molar-refractivity contribution in [1.82, 2.24) is 4.90 Å². The number of anilines is 1. The lowest BCUT2D eigenvalue weighted by Gasteiger charge is -2.30. The first kappa shape index (κ1) is 19.2. The van der Waals surface area contributed by atoms with E-state index in [4.69, 9.17) is 5.73 Å². The summed E-state index contributed by atoms with van der Waals surface area (Å²) in [4.78, 5) is 6.55. The number of nitrogens with two attached hydrogens (primary N) is 1. The van der Waals surface area contributed by atoms with Crippen molar-refractivity contribution in [3.05, 3.63) is 29.8 Å². The lowest BCUT2D eigenvalue weighted by Crippen LogP contribution is -2.41. The third-order valence-corrected chi connectivity index (χ3v) is 3.45. The van der Waals surface area contributed by atoms with E-state index in [-0.39, 0.29) is 29.5 Å². The van der Waals surface area contributed by atoms with Crippen molar-refractivity contribution in [2.24, 2.45) is 10.7 Å². The van der Waals surface area contributed by atoms with E-state index in [0.29, 0.717) is 12.5 Å². The van der Waals surface area contributed by atoms with E-state index in [1.807, 2.05) is 26.2 Å². The Balaban J connectivity index is 0.00000361. The Labute approximate surface area is 139 Å². The monoisotopic (exact) mass is 390 g/mol. The normalized spacial score (nSPS) is 12.2. The van der Waals surface area contributed by atoms with Crippen molar-refractivity contribution in [1.29, 1.82) is 0 Å². The highest BCUT2D eigenvalue weighted by molar-refractivity contribution is 14.0. The SMILES string of the molecule is CCc1cccc(NC(N)=NCC(C)(C)N(C)C)c1.I. The second-order valence-electron chi connectivity index (χ2n) is 5.59. The van der Waals surface area contributed by atoms with Gasteiger partial charge in [-0.15, -0.1) is 24.0 Å². The lowest BCUT2D eigenvalue weighted by molar-refractivity contribution is 0.205. The Bertz CT molecular complexity index is 441. The number of guanidine groups is 1. The van der Waals surface area contributed by atoms with Crippen LogP contribution in [0.5, 0.6) is 0 Å². The fourth-order valence-corrected chi connectivity index (χ4v) is 1.48. The van der Waals surface area contributed by atoms with Gasteiger partial charge < -0.3 is 16.0 Å². The maximum absolute atomic E-state index is 5.92. The first-order valence-corrected chi connectivity index (χ1v) is 6.68. The molecule has 3 N–H and O–H groups in total. The molecule has 0 aliphatic heterocycles. The second-order valence-corrected chi connectivity index (χ2v) is 5.59. The van der Waals surface area contributed by atoms with Gasteiger partial charge in [0.1, 0.15) is 0 Å². The zero-order valence-electron chi connectivity index (χ0n) is 13.1. The zero-order valence-corrected chi connectivity index (χ0v) is 15.4. The van der Waals surface area contributed by atoms with Gasteiger partial charge in [-0.25, -0.2) is 0 Å². The van der Waals surface area contributed by atoms with Crippen LogP contribution in [0, 0.1) is 0 Å². The molecule has 0 amide bonds. The fourth-order valence-electron chi connectivity index (χ4n) is 1.48. The van der Waals surface area contributed by atoms with Crippen LogP contribution < -0.4 is 11.1 Å². The molecule has 0 saturated heterocycles. The summed E-state index contributed by atoms with van der Waals surface area (Å²) in [5.41, 5.74) is 8.20. The van der Waals surface area contributed by atoms with Crippen molar-refractivity contribution in [2.45, 2.75) is 32.7 Å². The predicted octanol–water partition coefficient (Wildman–Crippen LogP) is 2.93. The molecule has 0 heterocycles. The van der Waals surface area contributed by atoms with Crippen molar-refractivity contribution in [3.63, 3.8) is 0 Å². The van der Waals surface area contributed by atoms with Crippen LogP contribution in [0.25, 0.3) is 0 Å². The summed E-state index contributed by atoms with van der Waals surface area (Å²) in [5, 5.41) is 3.14. The zero-order chi connectivity index (χ0) is 14.5. The molecule has 1 aromatic rings.